The molecule has 3 rings (SSSR count). The van der Waals surface area contributed by atoms with Crippen LogP contribution in [0.1, 0.15) is 56.1 Å². The number of esters is 1. The van der Waals surface area contributed by atoms with Crippen molar-refractivity contribution in [3.05, 3.63) is 34.8 Å². The molecular formula is C22H29N3O6S2. The molecule has 2 heterocycles. The van der Waals surface area contributed by atoms with Crippen molar-refractivity contribution in [3.8, 4) is 5.75 Å². The number of anilines is 1. The van der Waals surface area contributed by atoms with Gasteiger partial charge in [0.1, 0.15) is 17.3 Å². The monoisotopic (exact) mass is 495 g/mol. The normalized spacial score (nSPS) is 16.9. The summed E-state index contributed by atoms with van der Waals surface area (Å²) in [4.78, 5) is 30.2. The molecular weight excluding hydrogens is 466 g/mol. The van der Waals surface area contributed by atoms with Crippen molar-refractivity contribution in [3.63, 3.8) is 0 Å². The van der Waals surface area contributed by atoms with Crippen LogP contribution in [0.2, 0.25) is 0 Å². The number of benzene rings is 1. The number of carbonyl (C=O) groups excluding carboxylic acids is 2. The molecule has 11 heteroatoms. The third-order valence-electron chi connectivity index (χ3n) is 5.55. The third-order valence-corrected chi connectivity index (χ3v) is 8.49. The van der Waals surface area contributed by atoms with Crippen LogP contribution in [0, 0.1) is 0 Å². The minimum absolute atomic E-state index is 0.0517. The lowest BCUT2D eigenvalue weighted by Crippen LogP contribution is -2.42. The van der Waals surface area contributed by atoms with Crippen molar-refractivity contribution in [1.29, 1.82) is 0 Å². The van der Waals surface area contributed by atoms with Gasteiger partial charge in [-0.05, 0) is 44.9 Å². The highest BCUT2D eigenvalue weighted by Crippen LogP contribution is 2.32. The number of ether oxygens (including phenoxy) is 2. The highest BCUT2D eigenvalue weighted by atomic mass is 32.2. The number of hydrogen-bond donors (Lipinski definition) is 0. The molecule has 2 aromatic rings. The first-order valence-corrected chi connectivity index (χ1v) is 13.1. The van der Waals surface area contributed by atoms with Crippen molar-refractivity contribution in [2.75, 3.05) is 25.1 Å². The van der Waals surface area contributed by atoms with Crippen molar-refractivity contribution >= 4 is 38.4 Å². The number of hydrogen-bond acceptors (Lipinski definition) is 8. The van der Waals surface area contributed by atoms with E-state index in [9.17, 15) is 18.0 Å². The highest BCUT2D eigenvalue weighted by molar-refractivity contribution is 7.89. The molecule has 0 saturated carbocycles. The van der Waals surface area contributed by atoms with Crippen molar-refractivity contribution in [2.24, 2.45) is 0 Å². The van der Waals surface area contributed by atoms with Crippen LogP contribution < -0.4 is 9.64 Å². The maximum Gasteiger partial charge on any atom is 0.338 e. The van der Waals surface area contributed by atoms with Crippen LogP contribution in [-0.2, 0) is 26.2 Å². The average Bonchev–Trinajstić information content (AvgIpc) is 3.25. The smallest absolute Gasteiger partial charge is 0.338 e. The summed E-state index contributed by atoms with van der Waals surface area (Å²) in [5.41, 5.74) is 0.611. The van der Waals surface area contributed by atoms with Gasteiger partial charge in [-0.25, -0.2) is 18.2 Å². The molecule has 0 N–H and O–H groups in total. The lowest BCUT2D eigenvalue weighted by Gasteiger charge is -2.32. The standard InChI is InChI=1S/C22H29N3O6S2/c1-5-24(16(3)26)22-23-18(14-32-22)13-31-21(27)17-9-10-19(30-4)20(12-17)33(28,29)25-11-7-6-8-15(25)2/h9-10,12,14-15H,5-8,11,13H2,1-4H3. The summed E-state index contributed by atoms with van der Waals surface area (Å²) in [6, 6.07) is 4.12. The number of nitrogens with zero attached hydrogens (tertiary/aromatic N) is 3. The van der Waals surface area contributed by atoms with Crippen LogP contribution in [0.4, 0.5) is 5.13 Å². The Hall–Kier alpha value is -2.50. The summed E-state index contributed by atoms with van der Waals surface area (Å²) in [5, 5.41) is 2.25. The third kappa shape index (κ3) is 5.53. The molecule has 1 aromatic heterocycles. The first-order chi connectivity index (χ1) is 15.7. The van der Waals surface area contributed by atoms with Gasteiger partial charge in [0.2, 0.25) is 15.9 Å². The van der Waals surface area contributed by atoms with Gasteiger partial charge in [-0.15, -0.1) is 11.3 Å². The molecule has 33 heavy (non-hydrogen) atoms. The molecule has 1 fully saturated rings. The van der Waals surface area contributed by atoms with E-state index in [4.69, 9.17) is 9.47 Å². The van der Waals surface area contributed by atoms with Crippen LogP contribution in [0.5, 0.6) is 5.75 Å². The van der Waals surface area contributed by atoms with Crippen molar-refractivity contribution in [2.45, 2.75) is 57.6 Å². The topological polar surface area (TPSA) is 106 Å². The maximum absolute atomic E-state index is 13.3. The molecule has 1 saturated heterocycles. The SMILES string of the molecule is CCN(C(C)=O)c1nc(COC(=O)c2ccc(OC)c(S(=O)(=O)N3CCCCC3C)c2)cs1. The minimum Gasteiger partial charge on any atom is -0.495 e. The van der Waals surface area contributed by atoms with Crippen molar-refractivity contribution in [1.82, 2.24) is 9.29 Å². The molecule has 1 aliphatic rings. The van der Waals surface area contributed by atoms with Gasteiger partial charge in [0, 0.05) is 31.4 Å². The van der Waals surface area contributed by atoms with Gasteiger partial charge in [0.05, 0.1) is 18.4 Å². The van der Waals surface area contributed by atoms with Gasteiger partial charge in [-0.1, -0.05) is 6.42 Å². The lowest BCUT2D eigenvalue weighted by molar-refractivity contribution is -0.116. The predicted molar refractivity (Wildman–Crippen MR) is 125 cm³/mol. The molecule has 0 spiro atoms. The Balaban J connectivity index is 1.78. The fraction of sp³-hybridized carbons (Fsp3) is 0.500. The van der Waals surface area contributed by atoms with Gasteiger partial charge in [0.25, 0.3) is 0 Å². The van der Waals surface area contributed by atoms with E-state index in [0.29, 0.717) is 23.9 Å². The molecule has 180 valence electrons. The van der Waals surface area contributed by atoms with Crippen LogP contribution in [-0.4, -0.2) is 55.8 Å². The van der Waals surface area contributed by atoms with E-state index in [1.165, 1.54) is 52.8 Å². The van der Waals surface area contributed by atoms with Crippen molar-refractivity contribution < 1.29 is 27.5 Å². The zero-order valence-corrected chi connectivity index (χ0v) is 20.9. The van der Waals surface area contributed by atoms with E-state index in [1.807, 2.05) is 13.8 Å². The first-order valence-electron chi connectivity index (χ1n) is 10.8. The summed E-state index contributed by atoms with van der Waals surface area (Å²) in [6.45, 7) is 6.02. The largest absolute Gasteiger partial charge is 0.495 e. The fourth-order valence-electron chi connectivity index (χ4n) is 3.76. The van der Waals surface area contributed by atoms with E-state index in [0.717, 1.165) is 19.3 Å². The number of carbonyl (C=O) groups is 2. The minimum atomic E-state index is -3.84. The Kier molecular flexibility index (Phi) is 8.09. The number of aromatic nitrogens is 1. The Bertz CT molecular complexity index is 1120. The van der Waals surface area contributed by atoms with Crippen LogP contribution >= 0.6 is 11.3 Å². The zero-order valence-electron chi connectivity index (χ0n) is 19.2. The maximum atomic E-state index is 13.3. The number of rotatable bonds is 8. The molecule has 1 aromatic carbocycles. The predicted octanol–water partition coefficient (Wildman–Crippen LogP) is 3.44. The van der Waals surface area contributed by atoms with E-state index >= 15 is 0 Å². The molecule has 1 amide bonds. The summed E-state index contributed by atoms with van der Waals surface area (Å²) in [6.07, 6.45) is 2.57. The molecule has 1 atom stereocenters. The van der Waals surface area contributed by atoms with E-state index in [1.54, 1.807) is 5.38 Å². The molecule has 9 nitrogen and oxygen atoms in total. The van der Waals surface area contributed by atoms with Gasteiger partial charge >= 0.3 is 5.97 Å². The Labute approximate surface area is 198 Å². The summed E-state index contributed by atoms with van der Waals surface area (Å²) in [5.74, 6) is -0.614. The number of thiazole rings is 1. The van der Waals surface area contributed by atoms with Gasteiger partial charge in [-0.3, -0.25) is 9.69 Å². The van der Waals surface area contributed by atoms with Gasteiger partial charge in [-0.2, -0.15) is 4.31 Å². The van der Waals surface area contributed by atoms with Gasteiger partial charge < -0.3 is 9.47 Å². The quantitative estimate of drug-likeness (QED) is 0.517. The van der Waals surface area contributed by atoms with Crippen LogP contribution in [0.3, 0.4) is 0 Å². The number of methoxy groups -OCH3 is 1. The number of amides is 1. The molecule has 0 bridgehead atoms. The zero-order chi connectivity index (χ0) is 24.2. The van der Waals surface area contributed by atoms with Gasteiger partial charge in [0.15, 0.2) is 5.13 Å². The second kappa shape index (κ2) is 10.6. The summed E-state index contributed by atoms with van der Waals surface area (Å²) in [7, 11) is -2.45. The van der Waals surface area contributed by atoms with Crippen LogP contribution in [0.15, 0.2) is 28.5 Å². The second-order valence-corrected chi connectivity index (χ2v) is 10.5. The van der Waals surface area contributed by atoms with E-state index < -0.39 is 16.0 Å². The first kappa shape index (κ1) is 25.1. The highest BCUT2D eigenvalue weighted by Gasteiger charge is 2.33. The van der Waals surface area contributed by atoms with E-state index in [2.05, 4.69) is 4.98 Å². The fourth-order valence-corrected chi connectivity index (χ4v) is 6.56. The molecule has 1 unspecified atom stereocenters. The van der Waals surface area contributed by atoms with E-state index in [-0.39, 0.29) is 34.8 Å². The van der Waals surface area contributed by atoms with Crippen LogP contribution in [0.25, 0.3) is 0 Å². The summed E-state index contributed by atoms with van der Waals surface area (Å²) < 4.78 is 38.8. The number of sulfonamides is 1. The Morgan fingerprint density at radius 3 is 2.70 bits per heavy atom. The lowest BCUT2D eigenvalue weighted by atomic mass is 10.1. The summed E-state index contributed by atoms with van der Waals surface area (Å²) >= 11 is 1.29. The molecule has 0 radical (unpaired) electrons. The Morgan fingerprint density at radius 1 is 1.30 bits per heavy atom. The second-order valence-electron chi connectivity index (χ2n) is 7.79. The average molecular weight is 496 g/mol. The molecule has 1 aliphatic heterocycles. The Morgan fingerprint density at radius 2 is 2.06 bits per heavy atom. The number of piperidine rings is 1. The molecule has 0 aliphatic carbocycles.